The quantitative estimate of drug-likeness (QED) is 0.817. The van der Waals surface area contributed by atoms with Crippen LogP contribution in [0.4, 0.5) is 0 Å². The third-order valence-electron chi connectivity index (χ3n) is 3.72. The summed E-state index contributed by atoms with van der Waals surface area (Å²) in [5, 5.41) is 2.71. The molecule has 0 fully saturated rings. The molecule has 2 rings (SSSR count). The van der Waals surface area contributed by atoms with Crippen molar-refractivity contribution in [1.82, 2.24) is 9.62 Å². The molecule has 6 nitrogen and oxygen atoms in total. The lowest BCUT2D eigenvalue weighted by atomic mass is 10.2. The van der Waals surface area contributed by atoms with Crippen LogP contribution >= 0.6 is 0 Å². The minimum Gasteiger partial charge on any atom is -0.497 e. The van der Waals surface area contributed by atoms with Gasteiger partial charge in [-0.05, 0) is 36.8 Å². The van der Waals surface area contributed by atoms with Crippen molar-refractivity contribution < 1.29 is 17.9 Å². The van der Waals surface area contributed by atoms with Crippen molar-refractivity contribution >= 4 is 15.9 Å². The number of aryl methyl sites for hydroxylation is 1. The summed E-state index contributed by atoms with van der Waals surface area (Å²) in [7, 11) is -0.731. The van der Waals surface area contributed by atoms with Crippen LogP contribution in [-0.4, -0.2) is 39.3 Å². The molecule has 25 heavy (non-hydrogen) atoms. The summed E-state index contributed by atoms with van der Waals surface area (Å²) in [6.07, 6.45) is 0. The number of ether oxygens (including phenoxy) is 1. The van der Waals surface area contributed by atoms with Gasteiger partial charge in [0.15, 0.2) is 0 Å². The van der Waals surface area contributed by atoms with Crippen molar-refractivity contribution in [3.05, 3.63) is 59.7 Å². The van der Waals surface area contributed by atoms with Gasteiger partial charge in [-0.25, -0.2) is 8.42 Å². The average Bonchev–Trinajstić information content (AvgIpc) is 2.60. The van der Waals surface area contributed by atoms with Gasteiger partial charge in [0, 0.05) is 13.6 Å². The highest BCUT2D eigenvalue weighted by Crippen LogP contribution is 2.15. The van der Waals surface area contributed by atoms with E-state index in [1.807, 2.05) is 31.2 Å². The van der Waals surface area contributed by atoms with Crippen LogP contribution in [0, 0.1) is 6.92 Å². The second-order valence-electron chi connectivity index (χ2n) is 5.70. The number of nitrogens with one attached hydrogen (secondary N) is 1. The largest absolute Gasteiger partial charge is 0.497 e. The van der Waals surface area contributed by atoms with Crippen molar-refractivity contribution in [1.29, 1.82) is 0 Å². The van der Waals surface area contributed by atoms with Gasteiger partial charge in [-0.15, -0.1) is 0 Å². The summed E-state index contributed by atoms with van der Waals surface area (Å²) in [6.45, 7) is 1.93. The van der Waals surface area contributed by atoms with Gasteiger partial charge < -0.3 is 10.1 Å². The number of carbonyl (C=O) groups is 1. The summed E-state index contributed by atoms with van der Waals surface area (Å²) in [6, 6.07) is 13.8. The van der Waals surface area contributed by atoms with Crippen molar-refractivity contribution in [3.63, 3.8) is 0 Å². The van der Waals surface area contributed by atoms with E-state index in [0.29, 0.717) is 12.3 Å². The number of methoxy groups -OCH3 is 1. The number of benzene rings is 2. The Kier molecular flexibility index (Phi) is 6.17. The second kappa shape index (κ2) is 8.13. The van der Waals surface area contributed by atoms with Gasteiger partial charge in [0.2, 0.25) is 15.9 Å². The molecule has 0 aromatic heterocycles. The van der Waals surface area contributed by atoms with Crippen LogP contribution in [0.5, 0.6) is 5.75 Å². The van der Waals surface area contributed by atoms with E-state index in [2.05, 4.69) is 5.32 Å². The molecule has 1 amide bonds. The molecule has 0 spiro atoms. The van der Waals surface area contributed by atoms with Crippen molar-refractivity contribution in [2.24, 2.45) is 0 Å². The maximum Gasteiger partial charge on any atom is 0.243 e. The molecule has 0 saturated carbocycles. The molecule has 1 N–H and O–H groups in total. The fraction of sp³-hybridized carbons (Fsp3) is 0.278. The van der Waals surface area contributed by atoms with Gasteiger partial charge in [0.05, 0.1) is 18.6 Å². The van der Waals surface area contributed by atoms with E-state index in [1.54, 1.807) is 19.2 Å². The van der Waals surface area contributed by atoms with Crippen LogP contribution in [0.2, 0.25) is 0 Å². The van der Waals surface area contributed by atoms with Gasteiger partial charge in [0.25, 0.3) is 0 Å². The number of nitrogens with zero attached hydrogens (tertiary/aromatic N) is 1. The summed E-state index contributed by atoms with van der Waals surface area (Å²) in [5.41, 5.74) is 1.84. The molecule has 0 aliphatic rings. The maximum absolute atomic E-state index is 12.5. The predicted octanol–water partition coefficient (Wildman–Crippen LogP) is 1.94. The molecule has 2 aromatic rings. The van der Waals surface area contributed by atoms with Crippen molar-refractivity contribution in [2.75, 3.05) is 20.7 Å². The Bertz CT molecular complexity index is 832. The molecule has 0 radical (unpaired) electrons. The Morgan fingerprint density at radius 2 is 1.84 bits per heavy atom. The molecule has 2 aromatic carbocycles. The second-order valence-corrected chi connectivity index (χ2v) is 7.75. The molecule has 0 bridgehead atoms. The zero-order valence-corrected chi connectivity index (χ0v) is 15.3. The first-order chi connectivity index (χ1) is 11.8. The minimum atomic E-state index is -3.69. The molecule has 0 aliphatic carbocycles. The fourth-order valence-electron chi connectivity index (χ4n) is 2.22. The average molecular weight is 362 g/mol. The predicted molar refractivity (Wildman–Crippen MR) is 95.8 cm³/mol. The molecule has 0 unspecified atom stereocenters. The third kappa shape index (κ3) is 5.04. The smallest absolute Gasteiger partial charge is 0.243 e. The third-order valence-corrected chi connectivity index (χ3v) is 5.54. The molecular weight excluding hydrogens is 340 g/mol. The first-order valence-electron chi connectivity index (χ1n) is 7.75. The normalized spacial score (nSPS) is 11.4. The van der Waals surface area contributed by atoms with E-state index in [4.69, 9.17) is 4.74 Å². The van der Waals surface area contributed by atoms with E-state index >= 15 is 0 Å². The highest BCUT2D eigenvalue weighted by molar-refractivity contribution is 7.89. The summed E-state index contributed by atoms with van der Waals surface area (Å²) in [5.74, 6) is 0.326. The Balaban J connectivity index is 1.96. The minimum absolute atomic E-state index is 0.168. The van der Waals surface area contributed by atoms with Crippen LogP contribution in [0.3, 0.4) is 0 Å². The molecular formula is C18H22N2O4S. The fourth-order valence-corrected chi connectivity index (χ4v) is 3.34. The number of carbonyl (C=O) groups excluding carboxylic acids is 1. The van der Waals surface area contributed by atoms with E-state index < -0.39 is 10.0 Å². The SMILES string of the molecule is COc1cccc(CNC(=O)CN(C)S(=O)(=O)c2ccc(C)cc2)c1. The van der Waals surface area contributed by atoms with Crippen LogP contribution in [0.15, 0.2) is 53.4 Å². The van der Waals surface area contributed by atoms with E-state index in [9.17, 15) is 13.2 Å². The van der Waals surface area contributed by atoms with Gasteiger partial charge in [-0.2, -0.15) is 4.31 Å². The monoisotopic (exact) mass is 362 g/mol. The maximum atomic E-state index is 12.5. The van der Waals surface area contributed by atoms with Gasteiger partial charge in [-0.3, -0.25) is 4.79 Å². The van der Waals surface area contributed by atoms with Crippen LogP contribution in [0.25, 0.3) is 0 Å². The van der Waals surface area contributed by atoms with Gasteiger partial charge in [0.1, 0.15) is 5.75 Å². The summed E-state index contributed by atoms with van der Waals surface area (Å²) >= 11 is 0. The van der Waals surface area contributed by atoms with Crippen LogP contribution < -0.4 is 10.1 Å². The summed E-state index contributed by atoms with van der Waals surface area (Å²) < 4.78 is 31.1. The first kappa shape index (κ1) is 19.0. The Morgan fingerprint density at radius 1 is 1.16 bits per heavy atom. The molecule has 7 heteroatoms. The van der Waals surface area contributed by atoms with Crippen molar-refractivity contribution in [3.8, 4) is 5.75 Å². The molecule has 0 saturated heterocycles. The zero-order valence-electron chi connectivity index (χ0n) is 14.5. The topological polar surface area (TPSA) is 75.7 Å². The zero-order chi connectivity index (χ0) is 18.4. The summed E-state index contributed by atoms with van der Waals surface area (Å²) in [4.78, 5) is 12.2. The number of rotatable bonds is 7. The molecule has 0 heterocycles. The van der Waals surface area contributed by atoms with Crippen LogP contribution in [0.1, 0.15) is 11.1 Å². The van der Waals surface area contributed by atoms with E-state index in [-0.39, 0.29) is 17.3 Å². The number of likely N-dealkylation sites (N-methyl/N-ethyl adjacent to an activating group) is 1. The Hall–Kier alpha value is -2.38. The van der Waals surface area contributed by atoms with Crippen LogP contribution in [-0.2, 0) is 21.4 Å². The van der Waals surface area contributed by atoms with E-state index in [1.165, 1.54) is 19.2 Å². The highest BCUT2D eigenvalue weighted by Gasteiger charge is 2.22. The number of hydrogen-bond acceptors (Lipinski definition) is 4. The standard InChI is InChI=1S/C18H22N2O4S/c1-14-7-9-17(10-8-14)25(22,23)20(2)13-18(21)19-12-15-5-4-6-16(11-15)24-3/h4-11H,12-13H2,1-3H3,(H,19,21). The lowest BCUT2D eigenvalue weighted by Crippen LogP contribution is -2.38. The number of amides is 1. The Morgan fingerprint density at radius 3 is 2.48 bits per heavy atom. The molecule has 0 atom stereocenters. The number of hydrogen-bond donors (Lipinski definition) is 1. The Labute approximate surface area is 148 Å². The first-order valence-corrected chi connectivity index (χ1v) is 9.19. The van der Waals surface area contributed by atoms with Gasteiger partial charge in [-0.1, -0.05) is 29.8 Å². The lowest BCUT2D eigenvalue weighted by Gasteiger charge is -2.17. The number of sulfonamides is 1. The van der Waals surface area contributed by atoms with Crippen molar-refractivity contribution in [2.45, 2.75) is 18.4 Å². The van der Waals surface area contributed by atoms with Gasteiger partial charge >= 0.3 is 0 Å². The highest BCUT2D eigenvalue weighted by atomic mass is 32.2. The molecule has 134 valence electrons. The molecule has 0 aliphatic heterocycles. The van der Waals surface area contributed by atoms with E-state index in [0.717, 1.165) is 15.4 Å². The lowest BCUT2D eigenvalue weighted by molar-refractivity contribution is -0.121.